The molecule has 3 aromatic carbocycles. The number of pyridine rings is 1. The number of benzene rings is 3. The number of anilines is 1. The van der Waals surface area contributed by atoms with Crippen molar-refractivity contribution in [2.24, 2.45) is 0 Å². The lowest BCUT2D eigenvalue weighted by molar-refractivity contribution is -0.112. The summed E-state index contributed by atoms with van der Waals surface area (Å²) in [6.07, 6.45) is 1.81. The zero-order valence-electron chi connectivity index (χ0n) is 16.1. The van der Waals surface area contributed by atoms with Gasteiger partial charge in [-0.3, -0.25) is 9.59 Å². The molecule has 0 saturated carbocycles. The number of nitrogens with zero attached hydrogens (tertiary/aromatic N) is 1. The highest BCUT2D eigenvalue weighted by atomic mass is 16.2. The van der Waals surface area contributed by atoms with Gasteiger partial charge in [0.25, 0.3) is 11.7 Å². The molecule has 4 heteroatoms. The summed E-state index contributed by atoms with van der Waals surface area (Å²) in [4.78, 5) is 26.3. The molecule has 30 heavy (non-hydrogen) atoms. The van der Waals surface area contributed by atoms with Crippen LogP contribution in [0.15, 0.2) is 103 Å². The molecule has 0 atom stereocenters. The molecule has 2 aromatic heterocycles. The fraction of sp³-hybridized carbons (Fsp3) is 0. The number of carbonyl (C=O) groups excluding carboxylic acids is 2. The largest absolute Gasteiger partial charge is 0.319 e. The monoisotopic (exact) mass is 390 g/mol. The molecule has 0 aliphatic heterocycles. The van der Waals surface area contributed by atoms with Crippen LogP contribution in [0.5, 0.6) is 0 Å². The van der Waals surface area contributed by atoms with E-state index in [0.717, 1.165) is 27.4 Å². The molecule has 0 unspecified atom stereocenters. The summed E-state index contributed by atoms with van der Waals surface area (Å²) < 4.78 is 1.77. The van der Waals surface area contributed by atoms with Crippen LogP contribution in [0.3, 0.4) is 0 Å². The molecule has 0 bridgehead atoms. The van der Waals surface area contributed by atoms with Crippen molar-refractivity contribution in [3.05, 3.63) is 109 Å². The predicted molar refractivity (Wildman–Crippen MR) is 120 cm³/mol. The summed E-state index contributed by atoms with van der Waals surface area (Å²) in [6.45, 7) is 0. The fourth-order valence-corrected chi connectivity index (χ4v) is 3.81. The molecule has 144 valence electrons. The summed E-state index contributed by atoms with van der Waals surface area (Å²) in [5.41, 5.74) is 3.46. The topological polar surface area (TPSA) is 50.6 Å². The van der Waals surface area contributed by atoms with Crippen LogP contribution in [-0.2, 0) is 4.79 Å². The third-order valence-corrected chi connectivity index (χ3v) is 5.22. The Morgan fingerprint density at radius 2 is 1.47 bits per heavy atom. The first-order chi connectivity index (χ1) is 14.7. The number of hydrogen-bond acceptors (Lipinski definition) is 2. The van der Waals surface area contributed by atoms with E-state index < -0.39 is 11.7 Å². The van der Waals surface area contributed by atoms with Crippen molar-refractivity contribution < 1.29 is 9.59 Å². The highest BCUT2D eigenvalue weighted by Gasteiger charge is 2.25. The summed E-state index contributed by atoms with van der Waals surface area (Å²) in [5, 5.41) is 4.71. The Morgan fingerprint density at radius 3 is 2.33 bits per heavy atom. The number of Topliss-reactive ketones (excluding diaryl/α,β-unsaturated/α-hetero) is 1. The third-order valence-electron chi connectivity index (χ3n) is 5.22. The van der Waals surface area contributed by atoms with Gasteiger partial charge in [0.2, 0.25) is 0 Å². The van der Waals surface area contributed by atoms with Gasteiger partial charge in [-0.2, -0.15) is 0 Å². The number of hydrogen-bond donors (Lipinski definition) is 1. The van der Waals surface area contributed by atoms with Gasteiger partial charge in [-0.05, 0) is 35.2 Å². The Morgan fingerprint density at radius 1 is 0.733 bits per heavy atom. The molecule has 0 aliphatic rings. The first kappa shape index (κ1) is 17.9. The molecule has 0 radical (unpaired) electrons. The summed E-state index contributed by atoms with van der Waals surface area (Å²) in [7, 11) is 0. The van der Waals surface area contributed by atoms with Gasteiger partial charge in [0, 0.05) is 28.4 Å². The molecule has 0 saturated heterocycles. The quantitative estimate of drug-likeness (QED) is 0.322. The van der Waals surface area contributed by atoms with Crippen LogP contribution in [-0.4, -0.2) is 16.1 Å². The number of ketones is 1. The number of carbonyl (C=O) groups is 2. The molecule has 0 fully saturated rings. The van der Waals surface area contributed by atoms with E-state index in [4.69, 9.17) is 0 Å². The molecule has 2 heterocycles. The van der Waals surface area contributed by atoms with E-state index in [1.165, 1.54) is 0 Å². The van der Waals surface area contributed by atoms with Crippen LogP contribution in [0.1, 0.15) is 10.5 Å². The fourth-order valence-electron chi connectivity index (χ4n) is 3.81. The lowest BCUT2D eigenvalue weighted by atomic mass is 10.0. The van der Waals surface area contributed by atoms with Crippen LogP contribution in [0.4, 0.5) is 5.69 Å². The minimum Gasteiger partial charge on any atom is -0.319 e. The van der Waals surface area contributed by atoms with Gasteiger partial charge in [-0.25, -0.2) is 0 Å². The maximum absolute atomic E-state index is 13.3. The Hall–Kier alpha value is -4.18. The lowest BCUT2D eigenvalue weighted by Gasteiger charge is -2.10. The van der Waals surface area contributed by atoms with Crippen molar-refractivity contribution in [3.8, 4) is 11.1 Å². The number of amides is 1. The maximum atomic E-state index is 13.3. The van der Waals surface area contributed by atoms with E-state index in [0.29, 0.717) is 11.4 Å². The van der Waals surface area contributed by atoms with Crippen LogP contribution in [0.25, 0.3) is 27.4 Å². The van der Waals surface area contributed by atoms with E-state index in [1.54, 1.807) is 10.6 Å². The zero-order chi connectivity index (χ0) is 20.5. The summed E-state index contributed by atoms with van der Waals surface area (Å²) >= 11 is 0. The molecule has 0 aliphatic carbocycles. The second-order valence-electron chi connectivity index (χ2n) is 7.08. The van der Waals surface area contributed by atoms with Gasteiger partial charge < -0.3 is 9.72 Å². The Balaban J connectivity index is 1.58. The highest BCUT2D eigenvalue weighted by Crippen LogP contribution is 2.29. The molecular weight excluding hydrogens is 372 g/mol. The molecule has 1 N–H and O–H groups in total. The highest BCUT2D eigenvalue weighted by molar-refractivity contribution is 6.47. The second kappa shape index (κ2) is 7.33. The number of fused-ring (bicyclic) bond motifs is 2. The van der Waals surface area contributed by atoms with Gasteiger partial charge in [-0.1, -0.05) is 72.8 Å². The standard InChI is InChI=1S/C26H18N2O2/c29-25(26(30)27-23-15-8-12-18-11-4-5-14-21(18)23)24-22(19-9-2-1-3-10-19)17-20-13-6-7-16-28(20)24/h1-17H,(H,27,30). The van der Waals surface area contributed by atoms with Gasteiger partial charge >= 0.3 is 0 Å². The van der Waals surface area contributed by atoms with Crippen LogP contribution < -0.4 is 5.32 Å². The molecule has 5 aromatic rings. The summed E-state index contributed by atoms with van der Waals surface area (Å²) in [5.74, 6) is -1.24. The van der Waals surface area contributed by atoms with Gasteiger partial charge in [0.05, 0.1) is 0 Å². The van der Waals surface area contributed by atoms with E-state index >= 15 is 0 Å². The number of nitrogens with one attached hydrogen (secondary N) is 1. The average Bonchev–Trinajstić information content (AvgIpc) is 3.19. The average molecular weight is 390 g/mol. The smallest absolute Gasteiger partial charge is 0.298 e. The first-order valence-corrected chi connectivity index (χ1v) is 9.71. The zero-order valence-corrected chi connectivity index (χ0v) is 16.1. The van der Waals surface area contributed by atoms with Crippen LogP contribution in [0.2, 0.25) is 0 Å². The molecule has 4 nitrogen and oxygen atoms in total. The van der Waals surface area contributed by atoms with Gasteiger partial charge in [0.1, 0.15) is 5.69 Å². The number of aromatic nitrogens is 1. The van der Waals surface area contributed by atoms with Gasteiger partial charge in [-0.15, -0.1) is 0 Å². The van der Waals surface area contributed by atoms with Crippen molar-refractivity contribution in [1.29, 1.82) is 0 Å². The molecule has 0 spiro atoms. The SMILES string of the molecule is O=C(Nc1cccc2ccccc12)C(=O)c1c(-c2ccccc2)cc2ccccn12. The van der Waals surface area contributed by atoms with Crippen LogP contribution >= 0.6 is 0 Å². The van der Waals surface area contributed by atoms with Crippen LogP contribution in [0, 0.1) is 0 Å². The van der Waals surface area contributed by atoms with E-state index in [2.05, 4.69) is 5.32 Å². The summed E-state index contributed by atoms with van der Waals surface area (Å²) in [6, 6.07) is 30.7. The lowest BCUT2D eigenvalue weighted by Crippen LogP contribution is -2.24. The minimum absolute atomic E-state index is 0.356. The van der Waals surface area contributed by atoms with E-state index in [-0.39, 0.29) is 0 Å². The normalized spacial score (nSPS) is 10.9. The Labute approximate surface area is 173 Å². The second-order valence-corrected chi connectivity index (χ2v) is 7.08. The molecule has 1 amide bonds. The molecule has 5 rings (SSSR count). The van der Waals surface area contributed by atoms with Crippen molar-refractivity contribution in [3.63, 3.8) is 0 Å². The molecular formula is C26H18N2O2. The van der Waals surface area contributed by atoms with Crippen molar-refractivity contribution >= 4 is 33.7 Å². The Bertz CT molecular complexity index is 1400. The maximum Gasteiger partial charge on any atom is 0.298 e. The van der Waals surface area contributed by atoms with Gasteiger partial charge in [0.15, 0.2) is 0 Å². The third kappa shape index (κ3) is 3.05. The Kier molecular flexibility index (Phi) is 4.37. The van der Waals surface area contributed by atoms with E-state index in [1.807, 2.05) is 97.1 Å². The van der Waals surface area contributed by atoms with Crippen molar-refractivity contribution in [2.45, 2.75) is 0 Å². The minimum atomic E-state index is -0.660. The predicted octanol–water partition coefficient (Wildman–Crippen LogP) is 5.58. The van der Waals surface area contributed by atoms with Crippen molar-refractivity contribution in [1.82, 2.24) is 4.40 Å². The van der Waals surface area contributed by atoms with E-state index in [9.17, 15) is 9.59 Å². The van der Waals surface area contributed by atoms with Crippen molar-refractivity contribution in [2.75, 3.05) is 5.32 Å². The number of rotatable bonds is 4. The first-order valence-electron chi connectivity index (χ1n) is 9.71.